The van der Waals surface area contributed by atoms with E-state index in [-0.39, 0.29) is 44.8 Å². The van der Waals surface area contributed by atoms with Gasteiger partial charge >= 0.3 is 0 Å². The molecule has 0 spiro atoms. The Balaban J connectivity index is 0.000000153. The number of nitrogens with zero attached hydrogens (tertiary/aromatic N) is 4. The van der Waals surface area contributed by atoms with Crippen LogP contribution in [0.4, 0.5) is 0 Å². The van der Waals surface area contributed by atoms with E-state index < -0.39 is 0 Å². The van der Waals surface area contributed by atoms with Gasteiger partial charge in [-0.1, -0.05) is 84.9 Å². The molecule has 0 amide bonds. The summed E-state index contributed by atoms with van der Waals surface area (Å²) < 4.78 is 15.0. The van der Waals surface area contributed by atoms with Gasteiger partial charge in [-0.25, -0.2) is 0 Å². The van der Waals surface area contributed by atoms with Crippen LogP contribution in [0.15, 0.2) is 106 Å². The fourth-order valence-corrected chi connectivity index (χ4v) is 4.95. The van der Waals surface area contributed by atoms with Crippen LogP contribution < -0.4 is 0 Å². The molecule has 4 heterocycles. The van der Waals surface area contributed by atoms with E-state index >= 15 is 0 Å². The molecule has 6 nitrogen and oxygen atoms in total. The van der Waals surface area contributed by atoms with E-state index in [9.17, 15) is 0 Å². The van der Waals surface area contributed by atoms with Gasteiger partial charge in [-0.3, -0.25) is 11.8 Å². The van der Waals surface area contributed by atoms with Crippen molar-refractivity contribution in [2.75, 3.05) is 0 Å². The largest absolute Gasteiger partial charge is 0.458 e. The molecule has 0 atom stereocenters. The topological polar surface area (TPSA) is 61.9 Å². The first-order chi connectivity index (χ1) is 21.5. The smallest absolute Gasteiger partial charge is 0.135 e. The summed E-state index contributed by atoms with van der Waals surface area (Å²) in [7, 11) is 3.84. The molecule has 0 N–H and O–H groups in total. The maximum Gasteiger partial charge on any atom is 0.135 e. The van der Waals surface area contributed by atoms with Crippen LogP contribution in [0.1, 0.15) is 22.5 Å². The minimum atomic E-state index is 0. The van der Waals surface area contributed by atoms with Crippen LogP contribution in [0.25, 0.3) is 43.9 Å². The molecule has 4 aromatic carbocycles. The van der Waals surface area contributed by atoms with E-state index in [1.165, 1.54) is 0 Å². The summed E-state index contributed by atoms with van der Waals surface area (Å²) in [5.41, 5.74) is 6.98. The van der Waals surface area contributed by atoms with Crippen molar-refractivity contribution >= 4 is 43.9 Å². The van der Waals surface area contributed by atoms with Crippen molar-refractivity contribution in [3.05, 3.63) is 145 Å². The van der Waals surface area contributed by atoms with E-state index in [1.807, 2.05) is 121 Å². The van der Waals surface area contributed by atoms with Crippen LogP contribution in [0.2, 0.25) is 0 Å². The van der Waals surface area contributed by atoms with Crippen molar-refractivity contribution in [3.8, 4) is 11.8 Å². The first-order valence-corrected chi connectivity index (χ1v) is 14.0. The Bertz CT molecular complexity index is 2150. The molecule has 8 aromatic rings. The Hall–Kier alpha value is -4.50. The Kier molecular flexibility index (Phi) is 11.7. The second kappa shape index (κ2) is 15.7. The molecule has 46 heavy (non-hydrogen) atoms. The fourth-order valence-electron chi connectivity index (χ4n) is 4.95. The van der Waals surface area contributed by atoms with Crippen LogP contribution in [0, 0.1) is 37.3 Å². The van der Waals surface area contributed by atoms with Gasteiger partial charge in [0.05, 0.1) is 0 Å². The second-order valence-electron chi connectivity index (χ2n) is 10.3. The zero-order valence-electron chi connectivity index (χ0n) is 24.9. The molecule has 0 bridgehead atoms. The molecule has 0 aliphatic heterocycles. The van der Waals surface area contributed by atoms with Gasteiger partial charge in [-0.2, -0.15) is 0 Å². The molecule has 0 saturated carbocycles. The molecule has 0 saturated heterocycles. The zero-order chi connectivity index (χ0) is 30.5. The Morgan fingerprint density at radius 2 is 0.978 bits per heavy atom. The van der Waals surface area contributed by atoms with Gasteiger partial charge in [-0.05, 0) is 26.2 Å². The number of benzene rings is 4. The van der Waals surface area contributed by atoms with Gasteiger partial charge in [0.15, 0.2) is 0 Å². The van der Waals surface area contributed by atoms with Gasteiger partial charge < -0.3 is 40.8 Å². The number of aromatic nitrogens is 4. The second-order valence-corrected chi connectivity index (χ2v) is 10.3. The molecule has 0 aliphatic rings. The quantitative estimate of drug-likeness (QED) is 0.104. The van der Waals surface area contributed by atoms with Crippen LogP contribution >= 0.6 is 0 Å². The minimum Gasteiger partial charge on any atom is -0.458 e. The molecule has 8 rings (SSSR count). The minimum absolute atomic E-state index is 0. The summed E-state index contributed by atoms with van der Waals surface area (Å²) in [6, 6.07) is 27.2. The van der Waals surface area contributed by atoms with Crippen molar-refractivity contribution in [3.63, 3.8) is 0 Å². The number of fused-ring (bicyclic) bond motifs is 6. The maximum absolute atomic E-state index is 7.06. The van der Waals surface area contributed by atoms with Gasteiger partial charge in [0, 0.05) is 79.0 Å². The average molecular weight is 965 g/mol. The zero-order valence-corrected chi connectivity index (χ0v) is 29.2. The number of para-hydroxylation sites is 2. The molecular weight excluding hydrogens is 938 g/mol. The Labute approximate surface area is 298 Å². The third-order valence-electron chi connectivity index (χ3n) is 7.07. The molecule has 4 aromatic heterocycles. The number of furan rings is 2. The van der Waals surface area contributed by atoms with E-state index in [1.54, 1.807) is 0 Å². The summed E-state index contributed by atoms with van der Waals surface area (Å²) >= 11 is 0. The van der Waals surface area contributed by atoms with Gasteiger partial charge in [0.25, 0.3) is 0 Å². The SMILES string of the molecule is Cn1[c-]nc(CCc2cn(C)[c-]n2)c1.[Au].[Au].[C-]#Cc1ccc2c(c1)oc1ccccc12.[C-]#Cc1ccc2c(c1)oc1ccccc12. The third kappa shape index (κ3) is 7.83. The van der Waals surface area contributed by atoms with Crippen molar-refractivity contribution in [2.45, 2.75) is 12.8 Å². The summed E-state index contributed by atoms with van der Waals surface area (Å²) in [5.74, 6) is 4.71. The monoisotopic (exact) mass is 964 g/mol. The number of rotatable bonds is 3. The Morgan fingerprint density at radius 1 is 0.587 bits per heavy atom. The van der Waals surface area contributed by atoms with Crippen molar-refractivity contribution < 1.29 is 53.6 Å². The van der Waals surface area contributed by atoms with E-state index in [0.717, 1.165) is 79.2 Å². The van der Waals surface area contributed by atoms with Crippen molar-refractivity contribution in [1.29, 1.82) is 0 Å². The van der Waals surface area contributed by atoms with Crippen molar-refractivity contribution in [1.82, 2.24) is 19.1 Å². The number of hydrogen-bond donors (Lipinski definition) is 0. The first-order valence-electron chi connectivity index (χ1n) is 14.0. The van der Waals surface area contributed by atoms with Gasteiger partial charge in [0.2, 0.25) is 0 Å². The summed E-state index contributed by atoms with van der Waals surface area (Å²) in [4.78, 5) is 8.26. The molecule has 8 heteroatoms. The standard InChI is InChI=1S/2C14H7O.C10H12N4.2Au/c2*1-2-10-7-8-12-11-5-3-4-6-13(11)15-14(12)9-10;1-13-5-9(11-7-13)3-4-10-6-14(2)8-12-10;;/h2*3-9H;5-6H,3-4H2,1-2H3;;/q2*-1;-2;;. The molecule has 0 aliphatic carbocycles. The molecule has 0 fully saturated rings. The number of hydrogen-bond acceptors (Lipinski definition) is 4. The summed E-state index contributed by atoms with van der Waals surface area (Å²) in [5, 5.41) is 4.40. The number of imidazole rings is 2. The average Bonchev–Trinajstić information content (AvgIpc) is 3.84. The van der Waals surface area contributed by atoms with E-state index in [2.05, 4.69) is 34.5 Å². The molecule has 2 radical (unpaired) electrons. The molecule has 0 unspecified atom stereocenters. The van der Waals surface area contributed by atoms with E-state index in [0.29, 0.717) is 0 Å². The third-order valence-corrected chi connectivity index (χ3v) is 7.07. The van der Waals surface area contributed by atoms with Crippen LogP contribution in [0.3, 0.4) is 0 Å². The van der Waals surface area contributed by atoms with Gasteiger partial charge in [0.1, 0.15) is 22.3 Å². The molecule has 236 valence electrons. The predicted molar refractivity (Wildman–Crippen MR) is 171 cm³/mol. The van der Waals surface area contributed by atoms with Crippen LogP contribution in [-0.2, 0) is 71.7 Å². The molecular formula is C38H26Au2N4O2-4. The normalized spacial score (nSPS) is 10.2. The van der Waals surface area contributed by atoms with E-state index in [4.69, 9.17) is 21.7 Å². The van der Waals surface area contributed by atoms with Gasteiger partial charge in [-0.15, -0.1) is 35.7 Å². The maximum atomic E-state index is 7.06. The summed E-state index contributed by atoms with van der Waals surface area (Å²) in [6.45, 7) is 0. The fraction of sp³-hybridized carbons (Fsp3) is 0.105. The number of aryl methyl sites for hydroxylation is 4. The van der Waals surface area contributed by atoms with Crippen LogP contribution in [-0.4, -0.2) is 19.1 Å². The summed E-state index contributed by atoms with van der Waals surface area (Å²) in [6.07, 6.45) is 25.6. The predicted octanol–water partition coefficient (Wildman–Crippen LogP) is 7.58. The first kappa shape index (κ1) is 34.4. The van der Waals surface area contributed by atoms with Crippen molar-refractivity contribution in [2.24, 2.45) is 14.1 Å². The Morgan fingerprint density at radius 3 is 1.35 bits per heavy atom. The van der Waals surface area contributed by atoms with Crippen LogP contribution in [0.5, 0.6) is 0 Å².